The van der Waals surface area contributed by atoms with E-state index in [4.69, 9.17) is 14.2 Å². The maximum Gasteiger partial charge on any atom is 0.163 e. The Morgan fingerprint density at radius 2 is 1.65 bits per heavy atom. The molecule has 3 aromatic carbocycles. The van der Waals surface area contributed by atoms with E-state index in [0.29, 0.717) is 24.5 Å². The molecule has 2 unspecified atom stereocenters. The number of rotatable bonds is 7. The number of ketones is 1. The van der Waals surface area contributed by atoms with Gasteiger partial charge in [-0.2, -0.15) is 0 Å². The van der Waals surface area contributed by atoms with Crippen molar-refractivity contribution in [3.8, 4) is 17.2 Å². The number of allylic oxidation sites excluding steroid dienone is 1. The van der Waals surface area contributed by atoms with Gasteiger partial charge in [-0.3, -0.25) is 4.79 Å². The molecule has 6 heteroatoms. The summed E-state index contributed by atoms with van der Waals surface area (Å²) >= 11 is 0. The van der Waals surface area contributed by atoms with Crippen molar-refractivity contribution in [3.05, 3.63) is 89.1 Å². The SMILES string of the molecule is CCOc1ccc(C2CC(=O)C3=C(C2)Nc2ccccc2NC3c2ccc(OC(C)C)c(OC)c2)cc1. The van der Waals surface area contributed by atoms with Gasteiger partial charge >= 0.3 is 0 Å². The standard InChI is InChI=1S/C31H34N2O4/c1-5-36-23-13-10-20(11-14-23)22-16-26-30(27(34)17-22)31(33-25-9-7-6-8-24(25)32-26)21-12-15-28(37-19(2)3)29(18-21)35-4/h6-15,18-19,22,31-33H,5,16-17H2,1-4H3. The minimum atomic E-state index is -0.318. The molecule has 3 aromatic rings. The molecule has 0 saturated heterocycles. The predicted octanol–water partition coefficient (Wildman–Crippen LogP) is 6.86. The second-order valence-corrected chi connectivity index (χ2v) is 9.75. The zero-order valence-corrected chi connectivity index (χ0v) is 21.8. The lowest BCUT2D eigenvalue weighted by molar-refractivity contribution is -0.116. The van der Waals surface area contributed by atoms with Crippen molar-refractivity contribution in [2.24, 2.45) is 0 Å². The van der Waals surface area contributed by atoms with Crippen LogP contribution in [0.5, 0.6) is 17.2 Å². The minimum absolute atomic E-state index is 0.0283. The third-order valence-corrected chi connectivity index (χ3v) is 6.86. The number of nitrogens with one attached hydrogen (secondary N) is 2. The number of Topliss-reactive ketones (excluding diaryl/α,β-unsaturated/α-hetero) is 1. The van der Waals surface area contributed by atoms with Gasteiger partial charge in [0.15, 0.2) is 17.3 Å². The van der Waals surface area contributed by atoms with Crippen LogP contribution in [0, 0.1) is 0 Å². The maximum absolute atomic E-state index is 13.8. The topological polar surface area (TPSA) is 68.8 Å². The third-order valence-electron chi connectivity index (χ3n) is 6.86. The highest BCUT2D eigenvalue weighted by Crippen LogP contribution is 2.45. The number of carbonyl (C=O) groups is 1. The Balaban J connectivity index is 1.54. The van der Waals surface area contributed by atoms with E-state index < -0.39 is 0 Å². The van der Waals surface area contributed by atoms with E-state index in [1.807, 2.05) is 75.4 Å². The molecule has 0 aromatic heterocycles. The fourth-order valence-electron chi connectivity index (χ4n) is 5.20. The van der Waals surface area contributed by atoms with Crippen molar-refractivity contribution >= 4 is 17.2 Å². The highest BCUT2D eigenvalue weighted by Gasteiger charge is 2.36. The van der Waals surface area contributed by atoms with Gasteiger partial charge in [-0.05, 0) is 80.6 Å². The van der Waals surface area contributed by atoms with E-state index in [-0.39, 0.29) is 23.8 Å². The van der Waals surface area contributed by atoms with E-state index in [1.165, 1.54) is 0 Å². The summed E-state index contributed by atoms with van der Waals surface area (Å²) in [4.78, 5) is 13.8. The first-order valence-corrected chi connectivity index (χ1v) is 12.9. The van der Waals surface area contributed by atoms with Crippen LogP contribution in [-0.2, 0) is 4.79 Å². The van der Waals surface area contributed by atoms with Crippen molar-refractivity contribution < 1.29 is 19.0 Å². The summed E-state index contributed by atoms with van der Waals surface area (Å²) in [6, 6.07) is 21.8. The lowest BCUT2D eigenvalue weighted by atomic mass is 9.78. The van der Waals surface area contributed by atoms with Crippen LogP contribution in [0.2, 0.25) is 0 Å². The summed E-state index contributed by atoms with van der Waals surface area (Å²) in [5, 5.41) is 7.24. The van der Waals surface area contributed by atoms with Gasteiger partial charge in [0.1, 0.15) is 5.75 Å². The molecule has 1 heterocycles. The van der Waals surface area contributed by atoms with Crippen LogP contribution in [0.25, 0.3) is 0 Å². The molecule has 6 nitrogen and oxygen atoms in total. The smallest absolute Gasteiger partial charge is 0.163 e. The van der Waals surface area contributed by atoms with Crippen LogP contribution in [0.4, 0.5) is 11.4 Å². The molecular formula is C31H34N2O4. The lowest BCUT2D eigenvalue weighted by Gasteiger charge is -2.30. The molecule has 2 atom stereocenters. The van der Waals surface area contributed by atoms with Gasteiger partial charge in [-0.1, -0.05) is 30.3 Å². The molecule has 192 valence electrons. The molecular weight excluding hydrogens is 464 g/mol. The molecule has 0 spiro atoms. The number of hydrogen-bond acceptors (Lipinski definition) is 6. The Morgan fingerprint density at radius 1 is 0.919 bits per heavy atom. The molecule has 0 saturated carbocycles. The second kappa shape index (κ2) is 10.6. The van der Waals surface area contributed by atoms with Gasteiger partial charge in [-0.15, -0.1) is 0 Å². The molecule has 37 heavy (non-hydrogen) atoms. The van der Waals surface area contributed by atoms with Gasteiger partial charge in [0.25, 0.3) is 0 Å². The zero-order chi connectivity index (χ0) is 25.9. The number of ether oxygens (including phenoxy) is 3. The van der Waals surface area contributed by atoms with Crippen molar-refractivity contribution in [2.45, 2.75) is 51.7 Å². The molecule has 0 amide bonds. The Morgan fingerprint density at radius 3 is 2.35 bits per heavy atom. The van der Waals surface area contributed by atoms with Gasteiger partial charge in [0, 0.05) is 17.7 Å². The molecule has 2 aliphatic rings. The van der Waals surface area contributed by atoms with Crippen molar-refractivity contribution in [1.29, 1.82) is 0 Å². The fraction of sp³-hybridized carbons (Fsp3) is 0.323. The minimum Gasteiger partial charge on any atom is -0.494 e. The van der Waals surface area contributed by atoms with E-state index in [0.717, 1.165) is 45.9 Å². The van der Waals surface area contributed by atoms with Crippen LogP contribution >= 0.6 is 0 Å². The molecule has 0 radical (unpaired) electrons. The van der Waals surface area contributed by atoms with Crippen LogP contribution in [0.3, 0.4) is 0 Å². The number of anilines is 2. The number of para-hydroxylation sites is 2. The van der Waals surface area contributed by atoms with Crippen LogP contribution < -0.4 is 24.8 Å². The quantitative estimate of drug-likeness (QED) is 0.371. The fourth-order valence-corrected chi connectivity index (χ4v) is 5.20. The average molecular weight is 499 g/mol. The number of methoxy groups -OCH3 is 1. The summed E-state index contributed by atoms with van der Waals surface area (Å²) in [6.45, 7) is 6.58. The Bertz CT molecular complexity index is 1310. The molecule has 1 aliphatic heterocycles. The third kappa shape index (κ3) is 5.15. The zero-order valence-electron chi connectivity index (χ0n) is 21.8. The lowest BCUT2D eigenvalue weighted by Crippen LogP contribution is -2.27. The van der Waals surface area contributed by atoms with E-state index in [1.54, 1.807) is 7.11 Å². The Labute approximate surface area is 218 Å². The Kier molecular flexibility index (Phi) is 7.08. The monoisotopic (exact) mass is 498 g/mol. The molecule has 0 bridgehead atoms. The van der Waals surface area contributed by atoms with Gasteiger partial charge in [0.05, 0.1) is 37.2 Å². The predicted molar refractivity (Wildman–Crippen MR) is 147 cm³/mol. The van der Waals surface area contributed by atoms with Crippen LogP contribution in [-0.4, -0.2) is 25.6 Å². The highest BCUT2D eigenvalue weighted by atomic mass is 16.5. The van der Waals surface area contributed by atoms with E-state index in [2.05, 4.69) is 22.8 Å². The van der Waals surface area contributed by atoms with E-state index >= 15 is 0 Å². The summed E-state index contributed by atoms with van der Waals surface area (Å²) in [7, 11) is 1.64. The van der Waals surface area contributed by atoms with Crippen LogP contribution in [0.15, 0.2) is 78.0 Å². The number of carbonyl (C=O) groups excluding carboxylic acids is 1. The number of benzene rings is 3. The van der Waals surface area contributed by atoms with Crippen molar-refractivity contribution in [3.63, 3.8) is 0 Å². The average Bonchev–Trinajstić information content (AvgIpc) is 3.06. The van der Waals surface area contributed by atoms with Gasteiger partial charge < -0.3 is 24.8 Å². The van der Waals surface area contributed by atoms with Crippen molar-refractivity contribution in [2.75, 3.05) is 24.4 Å². The highest BCUT2D eigenvalue weighted by molar-refractivity contribution is 6.01. The van der Waals surface area contributed by atoms with Crippen molar-refractivity contribution in [1.82, 2.24) is 0 Å². The first-order chi connectivity index (χ1) is 18.0. The largest absolute Gasteiger partial charge is 0.494 e. The number of hydrogen-bond donors (Lipinski definition) is 2. The van der Waals surface area contributed by atoms with Crippen LogP contribution in [0.1, 0.15) is 56.7 Å². The number of fused-ring (bicyclic) bond motifs is 1. The first kappa shape index (κ1) is 24.8. The van der Waals surface area contributed by atoms with Gasteiger partial charge in [-0.25, -0.2) is 0 Å². The first-order valence-electron chi connectivity index (χ1n) is 12.9. The summed E-state index contributed by atoms with van der Waals surface area (Å²) < 4.78 is 17.2. The van der Waals surface area contributed by atoms with E-state index in [9.17, 15) is 4.79 Å². The van der Waals surface area contributed by atoms with Gasteiger partial charge in [0.2, 0.25) is 0 Å². The normalized spacial score (nSPS) is 18.8. The summed E-state index contributed by atoms with van der Waals surface area (Å²) in [6.07, 6.45) is 1.22. The molecule has 5 rings (SSSR count). The molecule has 1 aliphatic carbocycles. The summed E-state index contributed by atoms with van der Waals surface area (Å²) in [5.41, 5.74) is 5.74. The molecule has 0 fully saturated rings. The second-order valence-electron chi connectivity index (χ2n) is 9.75. The Hall–Kier alpha value is -3.93. The summed E-state index contributed by atoms with van der Waals surface area (Å²) in [5.74, 6) is 2.42. The molecule has 2 N–H and O–H groups in total. The maximum atomic E-state index is 13.8.